The lowest BCUT2D eigenvalue weighted by Gasteiger charge is -2.15. The summed E-state index contributed by atoms with van der Waals surface area (Å²) in [6.07, 6.45) is 0.907. The van der Waals surface area contributed by atoms with Crippen molar-refractivity contribution >= 4 is 11.3 Å². The molecule has 114 valence electrons. The maximum Gasteiger partial charge on any atom is 0.130 e. The summed E-state index contributed by atoms with van der Waals surface area (Å²) >= 11 is 1.62. The molecule has 0 unspecified atom stereocenters. The molecular formula is C15H20N2O3S. The molecule has 2 rings (SSSR count). The average Bonchev–Trinajstić information content (AvgIpc) is 3.04. The van der Waals surface area contributed by atoms with E-state index in [1.54, 1.807) is 32.7 Å². The van der Waals surface area contributed by atoms with E-state index in [1.165, 1.54) is 0 Å². The molecule has 6 heteroatoms. The highest BCUT2D eigenvalue weighted by Crippen LogP contribution is 2.33. The Hall–Kier alpha value is -1.79. The van der Waals surface area contributed by atoms with Crippen LogP contribution in [0, 0.1) is 0 Å². The van der Waals surface area contributed by atoms with Gasteiger partial charge in [-0.25, -0.2) is 4.98 Å². The van der Waals surface area contributed by atoms with Crippen molar-refractivity contribution in [1.29, 1.82) is 0 Å². The Morgan fingerprint density at radius 1 is 1.10 bits per heavy atom. The smallest absolute Gasteiger partial charge is 0.130 e. The third kappa shape index (κ3) is 4.09. The van der Waals surface area contributed by atoms with Gasteiger partial charge in [-0.1, -0.05) is 0 Å². The van der Waals surface area contributed by atoms with Crippen molar-refractivity contribution in [2.75, 3.05) is 27.9 Å². The second-order valence-corrected chi connectivity index (χ2v) is 5.14. The van der Waals surface area contributed by atoms with E-state index in [4.69, 9.17) is 14.2 Å². The molecule has 0 aliphatic heterocycles. The van der Waals surface area contributed by atoms with Gasteiger partial charge in [0.2, 0.25) is 0 Å². The van der Waals surface area contributed by atoms with E-state index in [9.17, 15) is 0 Å². The van der Waals surface area contributed by atoms with Crippen LogP contribution in [0.15, 0.2) is 23.0 Å². The zero-order valence-corrected chi connectivity index (χ0v) is 13.3. The van der Waals surface area contributed by atoms with E-state index in [0.29, 0.717) is 6.54 Å². The number of hydrogen-bond donors (Lipinski definition) is 1. The predicted octanol–water partition coefficient (Wildman–Crippen LogP) is 2.50. The van der Waals surface area contributed by atoms with Gasteiger partial charge in [-0.15, -0.1) is 11.3 Å². The molecule has 0 saturated heterocycles. The minimum absolute atomic E-state index is 0.667. The molecule has 0 spiro atoms. The number of aromatic nitrogens is 1. The maximum absolute atomic E-state index is 5.42. The van der Waals surface area contributed by atoms with Crippen LogP contribution in [0.2, 0.25) is 0 Å². The van der Waals surface area contributed by atoms with Crippen LogP contribution in [0.4, 0.5) is 0 Å². The highest BCUT2D eigenvalue weighted by molar-refractivity contribution is 7.07. The number of thiazole rings is 1. The van der Waals surface area contributed by atoms with Crippen LogP contribution in [0.1, 0.15) is 11.3 Å². The van der Waals surface area contributed by atoms with E-state index >= 15 is 0 Å². The molecule has 0 amide bonds. The molecule has 0 saturated carbocycles. The lowest BCUT2D eigenvalue weighted by molar-refractivity contribution is 0.366. The molecule has 1 N–H and O–H groups in total. The number of rotatable bonds is 8. The van der Waals surface area contributed by atoms with Gasteiger partial charge in [0, 0.05) is 37.0 Å². The van der Waals surface area contributed by atoms with E-state index in [0.717, 1.165) is 41.5 Å². The maximum atomic E-state index is 5.42. The summed E-state index contributed by atoms with van der Waals surface area (Å²) in [5, 5.41) is 5.46. The van der Waals surface area contributed by atoms with Gasteiger partial charge in [-0.3, -0.25) is 0 Å². The van der Waals surface area contributed by atoms with Crippen molar-refractivity contribution in [3.05, 3.63) is 34.3 Å². The molecule has 0 atom stereocenters. The number of benzene rings is 1. The second kappa shape index (κ2) is 7.85. The Bertz CT molecular complexity index is 533. The first-order valence-corrected chi connectivity index (χ1v) is 7.59. The standard InChI is InChI=1S/C15H20N2O3S/c1-18-12-6-14(19-2)13(15(7-12)20-3)8-16-5-4-11-9-21-10-17-11/h6-7,9-10,16H,4-5,8H2,1-3H3. The van der Waals surface area contributed by atoms with Crippen LogP contribution in [0.3, 0.4) is 0 Å². The fourth-order valence-corrected chi connectivity index (χ4v) is 2.64. The summed E-state index contributed by atoms with van der Waals surface area (Å²) in [7, 11) is 4.92. The van der Waals surface area contributed by atoms with Crippen molar-refractivity contribution in [3.63, 3.8) is 0 Å². The number of hydrogen-bond acceptors (Lipinski definition) is 6. The molecule has 2 aromatic rings. The third-order valence-electron chi connectivity index (χ3n) is 3.16. The summed E-state index contributed by atoms with van der Waals surface area (Å²) in [6, 6.07) is 3.72. The molecule has 0 radical (unpaired) electrons. The molecule has 0 bridgehead atoms. The zero-order chi connectivity index (χ0) is 15.1. The van der Waals surface area contributed by atoms with Crippen LogP contribution >= 0.6 is 11.3 Å². The Morgan fingerprint density at radius 3 is 2.33 bits per heavy atom. The van der Waals surface area contributed by atoms with Crippen molar-refractivity contribution in [2.45, 2.75) is 13.0 Å². The highest BCUT2D eigenvalue weighted by Gasteiger charge is 2.12. The minimum Gasteiger partial charge on any atom is -0.496 e. The molecule has 1 aromatic heterocycles. The summed E-state index contributed by atoms with van der Waals surface area (Å²) in [5.74, 6) is 2.23. The first-order chi connectivity index (χ1) is 10.3. The molecule has 0 fully saturated rings. The largest absolute Gasteiger partial charge is 0.496 e. The number of ether oxygens (including phenoxy) is 3. The summed E-state index contributed by atoms with van der Waals surface area (Å²) < 4.78 is 16.1. The van der Waals surface area contributed by atoms with Gasteiger partial charge in [0.15, 0.2) is 0 Å². The molecule has 0 aliphatic carbocycles. The van der Waals surface area contributed by atoms with Gasteiger partial charge in [-0.05, 0) is 0 Å². The Kier molecular flexibility index (Phi) is 5.83. The van der Waals surface area contributed by atoms with Crippen molar-refractivity contribution in [3.8, 4) is 17.2 Å². The fraction of sp³-hybridized carbons (Fsp3) is 0.400. The van der Waals surface area contributed by atoms with Crippen LogP contribution in [0.5, 0.6) is 17.2 Å². The lowest BCUT2D eigenvalue weighted by Crippen LogP contribution is -2.18. The predicted molar refractivity (Wildman–Crippen MR) is 83.6 cm³/mol. The lowest BCUT2D eigenvalue weighted by atomic mass is 10.1. The Morgan fingerprint density at radius 2 is 1.81 bits per heavy atom. The van der Waals surface area contributed by atoms with Gasteiger partial charge in [0.25, 0.3) is 0 Å². The molecule has 0 aliphatic rings. The first kappa shape index (κ1) is 15.6. The topological polar surface area (TPSA) is 52.6 Å². The monoisotopic (exact) mass is 308 g/mol. The first-order valence-electron chi connectivity index (χ1n) is 6.65. The van der Waals surface area contributed by atoms with Gasteiger partial charge in [-0.2, -0.15) is 0 Å². The Labute approximate surface area is 128 Å². The molecule has 21 heavy (non-hydrogen) atoms. The molecule has 1 heterocycles. The quantitative estimate of drug-likeness (QED) is 0.759. The summed E-state index contributed by atoms with van der Waals surface area (Å²) in [5.41, 5.74) is 3.95. The summed E-state index contributed by atoms with van der Waals surface area (Å²) in [4.78, 5) is 4.26. The van der Waals surface area contributed by atoms with E-state index < -0.39 is 0 Å². The number of nitrogens with one attached hydrogen (secondary N) is 1. The Balaban J connectivity index is 2.00. The van der Waals surface area contributed by atoms with Crippen molar-refractivity contribution in [1.82, 2.24) is 10.3 Å². The number of methoxy groups -OCH3 is 3. The van der Waals surface area contributed by atoms with Gasteiger partial charge in [0.1, 0.15) is 17.2 Å². The molecular weight excluding hydrogens is 288 g/mol. The molecule has 1 aromatic carbocycles. The second-order valence-electron chi connectivity index (χ2n) is 4.42. The van der Waals surface area contributed by atoms with Crippen molar-refractivity contribution < 1.29 is 14.2 Å². The minimum atomic E-state index is 0.667. The molecule has 5 nitrogen and oxygen atoms in total. The normalized spacial score (nSPS) is 10.4. The fourth-order valence-electron chi connectivity index (χ4n) is 2.04. The van der Waals surface area contributed by atoms with Gasteiger partial charge in [0.05, 0.1) is 38.1 Å². The van der Waals surface area contributed by atoms with Crippen LogP contribution in [0.25, 0.3) is 0 Å². The van der Waals surface area contributed by atoms with E-state index in [1.807, 2.05) is 17.6 Å². The van der Waals surface area contributed by atoms with Crippen molar-refractivity contribution in [2.24, 2.45) is 0 Å². The van der Waals surface area contributed by atoms with E-state index in [-0.39, 0.29) is 0 Å². The van der Waals surface area contributed by atoms with Crippen LogP contribution in [-0.4, -0.2) is 32.9 Å². The highest BCUT2D eigenvalue weighted by atomic mass is 32.1. The zero-order valence-electron chi connectivity index (χ0n) is 12.5. The van der Waals surface area contributed by atoms with Crippen LogP contribution < -0.4 is 19.5 Å². The van der Waals surface area contributed by atoms with Gasteiger partial charge >= 0.3 is 0 Å². The van der Waals surface area contributed by atoms with E-state index in [2.05, 4.69) is 15.7 Å². The summed E-state index contributed by atoms with van der Waals surface area (Å²) in [6.45, 7) is 1.52. The SMILES string of the molecule is COc1cc(OC)c(CNCCc2cscn2)c(OC)c1. The third-order valence-corrected chi connectivity index (χ3v) is 3.80. The van der Waals surface area contributed by atoms with Crippen LogP contribution in [-0.2, 0) is 13.0 Å². The number of nitrogens with zero attached hydrogens (tertiary/aromatic N) is 1. The average molecular weight is 308 g/mol. The van der Waals surface area contributed by atoms with Gasteiger partial charge < -0.3 is 19.5 Å².